The second kappa shape index (κ2) is 2.51. The average Bonchev–Trinajstić information content (AvgIpc) is 2.39. The first-order chi connectivity index (χ1) is 5.68. The van der Waals surface area contributed by atoms with Crippen LogP contribution in [0.3, 0.4) is 0 Å². The van der Waals surface area contributed by atoms with E-state index >= 15 is 0 Å². The van der Waals surface area contributed by atoms with Gasteiger partial charge in [0, 0.05) is 5.69 Å². The zero-order valence-corrected chi connectivity index (χ0v) is 8.29. The minimum Gasteiger partial charge on any atom is -0.398 e. The van der Waals surface area contributed by atoms with E-state index in [0.717, 1.165) is 20.3 Å². The Labute approximate surface area is 82.5 Å². The second-order valence-electron chi connectivity index (χ2n) is 2.49. The highest BCUT2D eigenvalue weighted by atomic mass is 127. The van der Waals surface area contributed by atoms with Gasteiger partial charge in [-0.05, 0) is 34.7 Å². The minimum absolute atomic E-state index is 0.425. The smallest absolute Gasteiger partial charge is 0.198 e. The molecule has 62 valence electrons. The number of H-pyrrole nitrogens is 1. The molecule has 0 atom stereocenters. The molecule has 0 amide bonds. The van der Waals surface area contributed by atoms with Gasteiger partial charge in [0.2, 0.25) is 0 Å². The molecule has 2 aromatic rings. The Morgan fingerprint density at radius 3 is 2.83 bits per heavy atom. The number of imidazole rings is 1. The van der Waals surface area contributed by atoms with Gasteiger partial charge < -0.3 is 16.5 Å². The number of halogens is 1. The zero-order chi connectivity index (χ0) is 8.72. The third kappa shape index (κ3) is 1.01. The number of rotatable bonds is 0. The van der Waals surface area contributed by atoms with Crippen LogP contribution in [0.1, 0.15) is 0 Å². The van der Waals surface area contributed by atoms with Crippen molar-refractivity contribution in [3.63, 3.8) is 0 Å². The highest BCUT2D eigenvalue weighted by Crippen LogP contribution is 2.24. The Kier molecular flexibility index (Phi) is 1.60. The number of hydrogen-bond donors (Lipinski definition) is 3. The van der Waals surface area contributed by atoms with Crippen LogP contribution in [0, 0.1) is 3.57 Å². The summed E-state index contributed by atoms with van der Waals surface area (Å²) in [7, 11) is 0. The van der Waals surface area contributed by atoms with E-state index in [2.05, 4.69) is 32.6 Å². The lowest BCUT2D eigenvalue weighted by atomic mass is 10.3. The highest BCUT2D eigenvalue weighted by molar-refractivity contribution is 14.1. The molecule has 0 radical (unpaired) electrons. The molecule has 0 saturated carbocycles. The predicted octanol–water partition coefficient (Wildman–Crippen LogP) is 1.33. The quantitative estimate of drug-likeness (QED) is 0.500. The van der Waals surface area contributed by atoms with Crippen LogP contribution < -0.4 is 11.5 Å². The van der Waals surface area contributed by atoms with Crippen molar-refractivity contribution in [2.45, 2.75) is 0 Å². The Morgan fingerprint density at radius 1 is 1.33 bits per heavy atom. The lowest BCUT2D eigenvalue weighted by Gasteiger charge is -1.96. The number of nitrogens with one attached hydrogen (secondary N) is 1. The maximum atomic E-state index is 5.69. The molecular weight excluding hydrogens is 267 g/mol. The lowest BCUT2D eigenvalue weighted by molar-refractivity contribution is 1.35. The highest BCUT2D eigenvalue weighted by Gasteiger charge is 2.05. The monoisotopic (exact) mass is 274 g/mol. The molecule has 0 fully saturated rings. The van der Waals surface area contributed by atoms with Gasteiger partial charge in [0.1, 0.15) is 5.52 Å². The number of nitrogens with two attached hydrogens (primary N) is 2. The summed E-state index contributed by atoms with van der Waals surface area (Å²) in [4.78, 5) is 7.04. The van der Waals surface area contributed by atoms with Gasteiger partial charge in [0.15, 0.2) is 5.95 Å². The van der Waals surface area contributed by atoms with E-state index in [9.17, 15) is 0 Å². The normalized spacial score (nSPS) is 10.8. The van der Waals surface area contributed by atoms with E-state index < -0.39 is 0 Å². The molecule has 12 heavy (non-hydrogen) atoms. The third-order valence-corrected chi connectivity index (χ3v) is 2.77. The fraction of sp³-hybridized carbons (Fsp3) is 0. The van der Waals surface area contributed by atoms with Gasteiger partial charge in [-0.2, -0.15) is 0 Å². The van der Waals surface area contributed by atoms with Gasteiger partial charge >= 0.3 is 0 Å². The molecule has 0 aliphatic rings. The molecule has 0 saturated heterocycles. The number of hydrogen-bond acceptors (Lipinski definition) is 3. The standard InChI is InChI=1S/C7H7IN4/c8-5-3(9)1-2-4-6(5)12-7(10)11-4/h1-2H,9H2,(H3,10,11,12). The molecule has 2 rings (SSSR count). The van der Waals surface area contributed by atoms with Crippen LogP contribution in [0.15, 0.2) is 12.1 Å². The molecule has 0 bridgehead atoms. The van der Waals surface area contributed by atoms with Crippen LogP contribution in [-0.4, -0.2) is 9.97 Å². The number of fused-ring (bicyclic) bond motifs is 1. The topological polar surface area (TPSA) is 80.7 Å². The summed E-state index contributed by atoms with van der Waals surface area (Å²) in [6.07, 6.45) is 0. The van der Waals surface area contributed by atoms with Gasteiger partial charge in [0.05, 0.1) is 9.09 Å². The first-order valence-electron chi connectivity index (χ1n) is 3.37. The zero-order valence-electron chi connectivity index (χ0n) is 6.13. The van der Waals surface area contributed by atoms with Crippen LogP contribution >= 0.6 is 22.6 Å². The van der Waals surface area contributed by atoms with Crippen molar-refractivity contribution in [2.75, 3.05) is 11.5 Å². The Hall–Kier alpha value is -0.980. The molecule has 5 heteroatoms. The van der Waals surface area contributed by atoms with Crippen molar-refractivity contribution in [3.8, 4) is 0 Å². The van der Waals surface area contributed by atoms with Crippen LogP contribution in [0.2, 0.25) is 0 Å². The van der Waals surface area contributed by atoms with Crippen molar-refractivity contribution < 1.29 is 0 Å². The molecule has 1 aromatic heterocycles. The van der Waals surface area contributed by atoms with Crippen LogP contribution in [0.25, 0.3) is 11.0 Å². The van der Waals surface area contributed by atoms with E-state index in [1.807, 2.05) is 12.1 Å². The molecule has 0 unspecified atom stereocenters. The fourth-order valence-electron chi connectivity index (χ4n) is 1.08. The Bertz CT molecular complexity index is 434. The molecular formula is C7H7IN4. The summed E-state index contributed by atoms with van der Waals surface area (Å²) in [6.45, 7) is 0. The van der Waals surface area contributed by atoms with E-state index in [4.69, 9.17) is 11.5 Å². The first kappa shape index (κ1) is 7.66. The summed E-state index contributed by atoms with van der Waals surface area (Å²) in [6, 6.07) is 3.71. The maximum Gasteiger partial charge on any atom is 0.198 e. The van der Waals surface area contributed by atoms with Gasteiger partial charge in [0.25, 0.3) is 0 Å². The van der Waals surface area contributed by atoms with Gasteiger partial charge in [-0.15, -0.1) is 0 Å². The SMILES string of the molecule is Nc1nc2c(I)c(N)ccc2[nH]1. The van der Waals surface area contributed by atoms with Crippen molar-refractivity contribution >= 4 is 45.3 Å². The van der Waals surface area contributed by atoms with Crippen molar-refractivity contribution in [3.05, 3.63) is 15.7 Å². The van der Waals surface area contributed by atoms with Crippen LogP contribution in [0.5, 0.6) is 0 Å². The van der Waals surface area contributed by atoms with E-state index in [0.29, 0.717) is 5.95 Å². The third-order valence-electron chi connectivity index (χ3n) is 1.64. The summed E-state index contributed by atoms with van der Waals surface area (Å²) in [5.74, 6) is 0.425. The molecule has 1 heterocycles. The molecule has 1 aromatic carbocycles. The van der Waals surface area contributed by atoms with Crippen LogP contribution in [0.4, 0.5) is 11.6 Å². The van der Waals surface area contributed by atoms with Crippen molar-refractivity contribution in [1.29, 1.82) is 0 Å². The number of benzene rings is 1. The van der Waals surface area contributed by atoms with Crippen LogP contribution in [-0.2, 0) is 0 Å². The predicted molar refractivity (Wildman–Crippen MR) is 57.6 cm³/mol. The number of anilines is 2. The largest absolute Gasteiger partial charge is 0.398 e. The number of nitrogen functional groups attached to an aromatic ring is 2. The minimum atomic E-state index is 0.425. The number of aromatic nitrogens is 2. The maximum absolute atomic E-state index is 5.69. The fourth-order valence-corrected chi connectivity index (χ4v) is 1.67. The van der Waals surface area contributed by atoms with E-state index in [1.54, 1.807) is 0 Å². The van der Waals surface area contributed by atoms with E-state index in [1.165, 1.54) is 0 Å². The number of aromatic amines is 1. The van der Waals surface area contributed by atoms with Crippen molar-refractivity contribution in [1.82, 2.24) is 9.97 Å². The van der Waals surface area contributed by atoms with Crippen molar-refractivity contribution in [2.24, 2.45) is 0 Å². The number of nitrogens with zero attached hydrogens (tertiary/aromatic N) is 1. The average molecular weight is 274 g/mol. The van der Waals surface area contributed by atoms with Gasteiger partial charge in [-0.25, -0.2) is 4.98 Å². The molecule has 0 aliphatic heterocycles. The summed E-state index contributed by atoms with van der Waals surface area (Å²) < 4.78 is 0.943. The molecule has 0 aliphatic carbocycles. The first-order valence-corrected chi connectivity index (χ1v) is 4.45. The second-order valence-corrected chi connectivity index (χ2v) is 3.57. The molecule has 4 nitrogen and oxygen atoms in total. The molecule has 5 N–H and O–H groups in total. The summed E-state index contributed by atoms with van der Waals surface area (Å²) in [5.41, 5.74) is 13.7. The summed E-state index contributed by atoms with van der Waals surface area (Å²) >= 11 is 2.15. The Balaban J connectivity index is 2.89. The van der Waals surface area contributed by atoms with Gasteiger partial charge in [-0.1, -0.05) is 0 Å². The summed E-state index contributed by atoms with van der Waals surface area (Å²) in [5, 5.41) is 0. The Morgan fingerprint density at radius 2 is 2.08 bits per heavy atom. The van der Waals surface area contributed by atoms with E-state index in [-0.39, 0.29) is 0 Å². The lowest BCUT2D eigenvalue weighted by Crippen LogP contribution is -1.89. The molecule has 0 spiro atoms. The van der Waals surface area contributed by atoms with Gasteiger partial charge in [-0.3, -0.25) is 0 Å².